The smallest absolute Gasteiger partial charge is 0.263 e. The van der Waals surface area contributed by atoms with Gasteiger partial charge in [0.2, 0.25) is 0 Å². The van der Waals surface area contributed by atoms with Gasteiger partial charge < -0.3 is 10.2 Å². The van der Waals surface area contributed by atoms with Crippen molar-refractivity contribution in [3.63, 3.8) is 0 Å². The van der Waals surface area contributed by atoms with E-state index in [2.05, 4.69) is 4.98 Å². The van der Waals surface area contributed by atoms with Crippen molar-refractivity contribution in [1.29, 1.82) is 0 Å². The monoisotopic (exact) mass is 390 g/mol. The first-order valence-electron chi connectivity index (χ1n) is 8.48. The molecule has 0 aliphatic heterocycles. The molecule has 26 heavy (non-hydrogen) atoms. The highest BCUT2D eigenvalue weighted by Crippen LogP contribution is 2.32. The van der Waals surface area contributed by atoms with E-state index < -0.39 is 12.2 Å². The number of aromatic nitrogens is 2. The molecule has 2 unspecified atom stereocenters. The average molecular weight is 391 g/mol. The highest BCUT2D eigenvalue weighted by atomic mass is 32.2. The summed E-state index contributed by atoms with van der Waals surface area (Å²) in [5, 5.41) is 22.5. The zero-order chi connectivity index (χ0) is 18.8. The molecule has 1 aromatic carbocycles. The summed E-state index contributed by atoms with van der Waals surface area (Å²) in [4.78, 5) is 18.6. The standard InChI is InChI=1S/C19H22N2O3S2/c1-11(2)21-18(24)16-14(13-7-5-4-6-8-13)9-25-17(16)20-19(21)26-10-15(23)12(3)22/h4-9,11-12,15,22-23H,10H2,1-3H3. The molecular weight excluding hydrogens is 368 g/mol. The molecule has 0 fully saturated rings. The zero-order valence-electron chi connectivity index (χ0n) is 14.9. The van der Waals surface area contributed by atoms with Crippen LogP contribution in [0.15, 0.2) is 45.7 Å². The minimum atomic E-state index is -0.864. The maximum atomic E-state index is 13.2. The number of thiophene rings is 1. The van der Waals surface area contributed by atoms with Crippen LogP contribution in [0, 0.1) is 0 Å². The third-order valence-electron chi connectivity index (χ3n) is 4.15. The number of rotatable bonds is 6. The second-order valence-corrected chi connectivity index (χ2v) is 8.32. The molecule has 0 amide bonds. The van der Waals surface area contributed by atoms with Gasteiger partial charge in [0.25, 0.3) is 5.56 Å². The number of thioether (sulfide) groups is 1. The van der Waals surface area contributed by atoms with Crippen LogP contribution in [0.2, 0.25) is 0 Å². The van der Waals surface area contributed by atoms with Gasteiger partial charge in [-0.3, -0.25) is 9.36 Å². The third-order valence-corrected chi connectivity index (χ3v) is 6.08. The fourth-order valence-electron chi connectivity index (χ4n) is 2.67. The minimum absolute atomic E-state index is 0.0610. The van der Waals surface area contributed by atoms with Crippen molar-refractivity contribution in [1.82, 2.24) is 9.55 Å². The first-order valence-corrected chi connectivity index (χ1v) is 10.3. The number of fused-ring (bicyclic) bond motifs is 1. The fourth-order valence-corrected chi connectivity index (χ4v) is 4.85. The van der Waals surface area contributed by atoms with Gasteiger partial charge in [-0.1, -0.05) is 42.1 Å². The summed E-state index contributed by atoms with van der Waals surface area (Å²) in [6, 6.07) is 9.77. The van der Waals surface area contributed by atoms with Crippen LogP contribution >= 0.6 is 23.1 Å². The molecule has 0 bridgehead atoms. The molecule has 7 heteroatoms. The van der Waals surface area contributed by atoms with Crippen molar-refractivity contribution in [2.75, 3.05) is 5.75 Å². The SMILES string of the molecule is CC(O)C(O)CSc1nc2scc(-c3ccccc3)c2c(=O)n1C(C)C. The van der Waals surface area contributed by atoms with Crippen molar-refractivity contribution >= 4 is 33.3 Å². The lowest BCUT2D eigenvalue weighted by atomic mass is 10.1. The molecule has 0 aliphatic rings. The van der Waals surface area contributed by atoms with Crippen LogP contribution in [0.25, 0.3) is 21.3 Å². The predicted molar refractivity (Wildman–Crippen MR) is 108 cm³/mol. The molecule has 3 rings (SSSR count). The third kappa shape index (κ3) is 3.71. The molecule has 2 atom stereocenters. The van der Waals surface area contributed by atoms with E-state index in [-0.39, 0.29) is 17.4 Å². The van der Waals surface area contributed by atoms with Crippen molar-refractivity contribution < 1.29 is 10.2 Å². The number of aliphatic hydroxyl groups excluding tert-OH is 2. The van der Waals surface area contributed by atoms with Crippen LogP contribution in [-0.4, -0.2) is 37.7 Å². The van der Waals surface area contributed by atoms with Gasteiger partial charge in [0, 0.05) is 22.7 Å². The molecule has 3 aromatic rings. The second-order valence-electron chi connectivity index (χ2n) is 6.48. The van der Waals surface area contributed by atoms with Crippen molar-refractivity contribution in [2.45, 2.75) is 44.2 Å². The van der Waals surface area contributed by atoms with E-state index in [9.17, 15) is 15.0 Å². The molecule has 2 aromatic heterocycles. The molecule has 0 saturated carbocycles. The normalized spacial score (nSPS) is 14.1. The summed E-state index contributed by atoms with van der Waals surface area (Å²) in [6.07, 6.45) is -1.69. The van der Waals surface area contributed by atoms with Crippen molar-refractivity contribution in [2.24, 2.45) is 0 Å². The number of aliphatic hydroxyl groups is 2. The summed E-state index contributed by atoms with van der Waals surface area (Å²) < 4.78 is 1.67. The molecule has 2 heterocycles. The highest BCUT2D eigenvalue weighted by Gasteiger charge is 2.20. The maximum Gasteiger partial charge on any atom is 0.263 e. The van der Waals surface area contributed by atoms with Crippen molar-refractivity contribution in [3.8, 4) is 11.1 Å². The number of hydrogen-bond donors (Lipinski definition) is 2. The summed E-state index contributed by atoms with van der Waals surface area (Å²) in [6.45, 7) is 5.43. The highest BCUT2D eigenvalue weighted by molar-refractivity contribution is 7.99. The van der Waals surface area contributed by atoms with E-state index in [1.807, 2.05) is 49.6 Å². The summed E-state index contributed by atoms with van der Waals surface area (Å²) >= 11 is 2.74. The maximum absolute atomic E-state index is 13.2. The Morgan fingerprint density at radius 3 is 2.50 bits per heavy atom. The molecule has 0 aliphatic carbocycles. The van der Waals surface area contributed by atoms with Gasteiger partial charge in [-0.25, -0.2) is 4.98 Å². The van der Waals surface area contributed by atoms with Crippen LogP contribution in [-0.2, 0) is 0 Å². The molecular formula is C19H22N2O3S2. The lowest BCUT2D eigenvalue weighted by Crippen LogP contribution is -2.27. The Balaban J connectivity index is 2.11. The van der Waals surface area contributed by atoms with Crippen LogP contribution in [0.4, 0.5) is 0 Å². The Hall–Kier alpha value is -1.67. The quantitative estimate of drug-likeness (QED) is 0.497. The fraction of sp³-hybridized carbons (Fsp3) is 0.368. The predicted octanol–water partition coefficient (Wildman–Crippen LogP) is 3.54. The summed E-state index contributed by atoms with van der Waals surface area (Å²) in [7, 11) is 0. The van der Waals surface area contributed by atoms with Gasteiger partial charge >= 0.3 is 0 Å². The largest absolute Gasteiger partial charge is 0.391 e. The molecule has 138 valence electrons. The topological polar surface area (TPSA) is 75.3 Å². The van der Waals surface area contributed by atoms with E-state index >= 15 is 0 Å². The Kier molecular flexibility index (Phi) is 5.82. The Morgan fingerprint density at radius 2 is 1.88 bits per heavy atom. The van der Waals surface area contributed by atoms with E-state index in [4.69, 9.17) is 0 Å². The molecule has 0 spiro atoms. The molecule has 0 saturated heterocycles. The van der Waals surface area contributed by atoms with Crippen LogP contribution < -0.4 is 5.56 Å². The average Bonchev–Trinajstić information content (AvgIpc) is 3.04. The number of hydrogen-bond acceptors (Lipinski definition) is 6. The van der Waals surface area contributed by atoms with Crippen molar-refractivity contribution in [3.05, 3.63) is 46.1 Å². The summed E-state index contributed by atoms with van der Waals surface area (Å²) in [5.41, 5.74) is 1.83. The van der Waals surface area contributed by atoms with E-state index in [1.165, 1.54) is 23.1 Å². The lowest BCUT2D eigenvalue weighted by Gasteiger charge is -2.17. The van der Waals surface area contributed by atoms with Crippen LogP contribution in [0.1, 0.15) is 26.8 Å². The van der Waals surface area contributed by atoms with Gasteiger partial charge in [-0.05, 0) is 26.3 Å². The van der Waals surface area contributed by atoms with E-state index in [1.54, 1.807) is 11.5 Å². The molecule has 5 nitrogen and oxygen atoms in total. The lowest BCUT2D eigenvalue weighted by molar-refractivity contribution is 0.0468. The first kappa shape index (κ1) is 19.1. The first-order chi connectivity index (χ1) is 12.4. The number of nitrogens with zero attached hydrogens (tertiary/aromatic N) is 2. The van der Waals surface area contributed by atoms with Crippen LogP contribution in [0.5, 0.6) is 0 Å². The van der Waals surface area contributed by atoms with Gasteiger partial charge in [0.15, 0.2) is 5.16 Å². The zero-order valence-corrected chi connectivity index (χ0v) is 16.5. The summed E-state index contributed by atoms with van der Waals surface area (Å²) in [5.74, 6) is 0.277. The Labute approximate surface area is 160 Å². The van der Waals surface area contributed by atoms with E-state index in [0.29, 0.717) is 15.4 Å². The Bertz CT molecular complexity index is 949. The minimum Gasteiger partial charge on any atom is -0.391 e. The number of benzene rings is 1. The second kappa shape index (κ2) is 7.92. The van der Waals surface area contributed by atoms with Gasteiger partial charge in [0.05, 0.1) is 17.6 Å². The van der Waals surface area contributed by atoms with Gasteiger partial charge in [-0.2, -0.15) is 0 Å². The van der Waals surface area contributed by atoms with E-state index in [0.717, 1.165) is 11.1 Å². The molecule has 0 radical (unpaired) electrons. The van der Waals surface area contributed by atoms with Gasteiger partial charge in [0.1, 0.15) is 4.83 Å². The van der Waals surface area contributed by atoms with Crippen LogP contribution in [0.3, 0.4) is 0 Å². The van der Waals surface area contributed by atoms with Gasteiger partial charge in [-0.15, -0.1) is 11.3 Å². The molecule has 2 N–H and O–H groups in total. The Morgan fingerprint density at radius 1 is 1.19 bits per heavy atom.